The van der Waals surface area contributed by atoms with Gasteiger partial charge in [0.1, 0.15) is 0 Å². The maximum Gasteiger partial charge on any atom is 0.366 e. The van der Waals surface area contributed by atoms with Gasteiger partial charge < -0.3 is 4.84 Å². The van der Waals surface area contributed by atoms with Gasteiger partial charge in [-0.15, -0.1) is 11.6 Å². The van der Waals surface area contributed by atoms with Crippen molar-refractivity contribution in [3.63, 3.8) is 0 Å². The van der Waals surface area contributed by atoms with Crippen molar-refractivity contribution >= 4 is 23.3 Å². The minimum absolute atomic E-state index is 0.284. The predicted octanol–water partition coefficient (Wildman–Crippen LogP) is 3.29. The summed E-state index contributed by atoms with van der Waals surface area (Å²) in [7, 11) is 0. The lowest BCUT2D eigenvalue weighted by atomic mass is 10.0. The lowest BCUT2D eigenvalue weighted by Gasteiger charge is -2.07. The number of hydrogen-bond donors (Lipinski definition) is 0. The molecule has 0 fully saturated rings. The quantitative estimate of drug-likeness (QED) is 0.351. The Morgan fingerprint density at radius 2 is 2.12 bits per heavy atom. The summed E-state index contributed by atoms with van der Waals surface area (Å²) >= 11 is 5.80. The molecule has 3 nitrogen and oxygen atoms in total. The highest BCUT2D eigenvalue weighted by Crippen LogP contribution is 2.17. The molecule has 0 aliphatic carbocycles. The van der Waals surface area contributed by atoms with E-state index in [0.29, 0.717) is 11.3 Å². The summed E-state index contributed by atoms with van der Waals surface area (Å²) in [6, 6.07) is 5.39. The van der Waals surface area contributed by atoms with E-state index in [1.807, 2.05) is 13.0 Å². The number of oxime groups is 1. The molecule has 1 rings (SSSR count). The molecular weight excluding hydrogens is 226 g/mol. The van der Waals surface area contributed by atoms with E-state index in [2.05, 4.69) is 5.16 Å². The van der Waals surface area contributed by atoms with Gasteiger partial charge in [-0.1, -0.05) is 17.3 Å². The van der Waals surface area contributed by atoms with Crippen LogP contribution in [-0.4, -0.2) is 11.7 Å². The molecule has 0 amide bonds. The van der Waals surface area contributed by atoms with Crippen molar-refractivity contribution in [2.75, 3.05) is 0 Å². The Balaban J connectivity index is 2.99. The van der Waals surface area contributed by atoms with Crippen molar-refractivity contribution < 1.29 is 9.63 Å². The van der Waals surface area contributed by atoms with E-state index in [4.69, 9.17) is 16.4 Å². The Labute approximate surface area is 100 Å². The van der Waals surface area contributed by atoms with Gasteiger partial charge in [0, 0.05) is 5.88 Å². The molecule has 0 saturated heterocycles. The molecule has 0 unspecified atom stereocenters. The summed E-state index contributed by atoms with van der Waals surface area (Å²) in [6.07, 6.45) is 0. The third kappa shape index (κ3) is 3.07. The van der Waals surface area contributed by atoms with E-state index in [9.17, 15) is 4.79 Å². The van der Waals surface area contributed by atoms with E-state index in [1.165, 1.54) is 0 Å². The first-order chi connectivity index (χ1) is 7.56. The molecule has 0 aliphatic heterocycles. The zero-order valence-corrected chi connectivity index (χ0v) is 10.3. The third-order valence-corrected chi connectivity index (χ3v) is 2.34. The molecule has 0 saturated carbocycles. The van der Waals surface area contributed by atoms with Crippen LogP contribution in [0.1, 0.15) is 35.3 Å². The lowest BCUT2D eigenvalue weighted by molar-refractivity contribution is 0.0514. The Kier molecular flexibility index (Phi) is 4.50. The monoisotopic (exact) mass is 239 g/mol. The van der Waals surface area contributed by atoms with E-state index < -0.39 is 5.97 Å². The summed E-state index contributed by atoms with van der Waals surface area (Å²) in [4.78, 5) is 16.5. The number of aryl methyl sites for hydroxylation is 1. The normalized spacial score (nSPS) is 9.75. The Bertz CT molecular complexity index is 423. The number of halogens is 1. The van der Waals surface area contributed by atoms with Crippen LogP contribution in [-0.2, 0) is 10.7 Å². The van der Waals surface area contributed by atoms with Crippen molar-refractivity contribution in [3.8, 4) is 0 Å². The number of carbonyl (C=O) groups is 1. The molecule has 0 aromatic heterocycles. The molecule has 0 atom stereocenters. The summed E-state index contributed by atoms with van der Waals surface area (Å²) in [6.45, 7) is 5.42. The first-order valence-electron chi connectivity index (χ1n) is 4.93. The Morgan fingerprint density at radius 1 is 1.44 bits per heavy atom. The standard InChI is InChI=1S/C12H14ClNO2/c1-8(2)14-16-12(15)10-6-4-5-9(3)11(10)7-13/h4-6H,7H2,1-3H3. The van der Waals surface area contributed by atoms with Crippen molar-refractivity contribution in [2.24, 2.45) is 5.16 Å². The fraction of sp³-hybridized carbons (Fsp3) is 0.333. The third-order valence-electron chi connectivity index (χ3n) is 2.07. The summed E-state index contributed by atoms with van der Waals surface area (Å²) in [5.41, 5.74) is 2.92. The fourth-order valence-electron chi connectivity index (χ4n) is 1.25. The highest BCUT2D eigenvalue weighted by atomic mass is 35.5. The Morgan fingerprint density at radius 3 is 2.69 bits per heavy atom. The molecule has 1 aromatic rings. The maximum absolute atomic E-state index is 11.7. The molecule has 0 aliphatic rings. The minimum atomic E-state index is -0.472. The Hall–Kier alpha value is -1.35. The van der Waals surface area contributed by atoms with Crippen LogP contribution in [0.15, 0.2) is 23.4 Å². The van der Waals surface area contributed by atoms with Crippen LogP contribution in [0.5, 0.6) is 0 Å². The van der Waals surface area contributed by atoms with Crippen molar-refractivity contribution in [3.05, 3.63) is 34.9 Å². The van der Waals surface area contributed by atoms with Crippen molar-refractivity contribution in [2.45, 2.75) is 26.7 Å². The number of hydrogen-bond acceptors (Lipinski definition) is 3. The van der Waals surface area contributed by atoms with Crippen LogP contribution in [0.2, 0.25) is 0 Å². The molecule has 16 heavy (non-hydrogen) atoms. The van der Waals surface area contributed by atoms with Crippen LogP contribution in [0.25, 0.3) is 0 Å². The first-order valence-corrected chi connectivity index (χ1v) is 5.46. The van der Waals surface area contributed by atoms with Crippen molar-refractivity contribution in [1.29, 1.82) is 0 Å². The van der Waals surface area contributed by atoms with Crippen LogP contribution in [0.4, 0.5) is 0 Å². The zero-order valence-electron chi connectivity index (χ0n) is 9.58. The van der Waals surface area contributed by atoms with Crippen molar-refractivity contribution in [1.82, 2.24) is 0 Å². The fourth-order valence-corrected chi connectivity index (χ4v) is 1.61. The van der Waals surface area contributed by atoms with Gasteiger partial charge in [-0.3, -0.25) is 0 Å². The number of benzene rings is 1. The summed E-state index contributed by atoms with van der Waals surface area (Å²) in [5.74, 6) is -0.188. The van der Waals surface area contributed by atoms with Crippen LogP contribution >= 0.6 is 11.6 Å². The number of carbonyl (C=O) groups excluding carboxylic acids is 1. The molecule has 0 bridgehead atoms. The SMILES string of the molecule is CC(C)=NOC(=O)c1cccc(C)c1CCl. The van der Waals surface area contributed by atoms with Gasteiger partial charge in [-0.05, 0) is 38.0 Å². The number of rotatable bonds is 3. The molecule has 0 spiro atoms. The highest BCUT2D eigenvalue weighted by Gasteiger charge is 2.13. The minimum Gasteiger partial charge on any atom is -0.313 e. The topological polar surface area (TPSA) is 38.7 Å². The van der Waals surface area contributed by atoms with Gasteiger partial charge in [0.25, 0.3) is 0 Å². The summed E-state index contributed by atoms with van der Waals surface area (Å²) < 4.78 is 0. The van der Waals surface area contributed by atoms with E-state index >= 15 is 0 Å². The van der Waals surface area contributed by atoms with Gasteiger partial charge in [0.15, 0.2) is 0 Å². The maximum atomic E-state index is 11.7. The first kappa shape index (κ1) is 12.7. The largest absolute Gasteiger partial charge is 0.366 e. The van der Waals surface area contributed by atoms with Crippen LogP contribution in [0, 0.1) is 6.92 Å². The molecule has 0 N–H and O–H groups in total. The average molecular weight is 240 g/mol. The second-order valence-electron chi connectivity index (χ2n) is 3.65. The van der Waals surface area contributed by atoms with Gasteiger partial charge in [0.2, 0.25) is 0 Å². The molecule has 86 valence electrons. The molecule has 4 heteroatoms. The second kappa shape index (κ2) is 5.66. The molecular formula is C12H14ClNO2. The van der Waals surface area contributed by atoms with Gasteiger partial charge in [-0.2, -0.15) is 0 Å². The number of alkyl halides is 1. The van der Waals surface area contributed by atoms with Gasteiger partial charge in [-0.25, -0.2) is 4.79 Å². The van der Waals surface area contributed by atoms with Gasteiger partial charge in [0.05, 0.1) is 11.3 Å². The van der Waals surface area contributed by atoms with E-state index in [1.54, 1.807) is 26.0 Å². The number of nitrogens with zero attached hydrogens (tertiary/aromatic N) is 1. The zero-order chi connectivity index (χ0) is 12.1. The van der Waals surface area contributed by atoms with Crippen LogP contribution < -0.4 is 0 Å². The summed E-state index contributed by atoms with van der Waals surface area (Å²) in [5, 5.41) is 3.63. The molecule has 0 heterocycles. The lowest BCUT2D eigenvalue weighted by Crippen LogP contribution is -2.06. The smallest absolute Gasteiger partial charge is 0.313 e. The van der Waals surface area contributed by atoms with E-state index in [0.717, 1.165) is 11.1 Å². The predicted molar refractivity (Wildman–Crippen MR) is 64.9 cm³/mol. The average Bonchev–Trinajstić information content (AvgIpc) is 2.25. The van der Waals surface area contributed by atoms with Crippen LogP contribution in [0.3, 0.4) is 0 Å². The second-order valence-corrected chi connectivity index (χ2v) is 3.92. The van der Waals surface area contributed by atoms with Gasteiger partial charge >= 0.3 is 5.97 Å². The highest BCUT2D eigenvalue weighted by molar-refractivity contribution is 6.17. The molecule has 1 aromatic carbocycles. The van der Waals surface area contributed by atoms with E-state index in [-0.39, 0.29) is 5.88 Å². The molecule has 0 radical (unpaired) electrons.